The van der Waals surface area contributed by atoms with Crippen molar-refractivity contribution in [3.8, 4) is 0 Å². The van der Waals surface area contributed by atoms with Gasteiger partial charge in [0.05, 0.1) is 43.2 Å². The molecule has 3 aromatic carbocycles. The average Bonchev–Trinajstić information content (AvgIpc) is 3.90. The highest BCUT2D eigenvalue weighted by Gasteiger charge is 2.42. The molecule has 1 heterocycles. The van der Waals surface area contributed by atoms with Crippen LogP contribution in [0.2, 0.25) is 0 Å². The highest BCUT2D eigenvalue weighted by Crippen LogP contribution is 2.29. The SMILES string of the molecule is CCC(C)C(C(CC(=O)N1CCCC1C(O)[C@@H](C)C(=O)N[C@@H](Cc1ccccc1)C(=O)NCCc1ccc(NC(=O)CCCCCNC(=O)OCc2ccccc2)cc1)OC)N(C)C(=O)[C@@H](NC(=O)CN(C)C)C(C)C. The Hall–Kier alpha value is -6.37. The summed E-state index contributed by atoms with van der Waals surface area (Å²) in [5, 5.41) is 26.2. The molecular weight excluding hydrogens is 969 g/mol. The molecule has 3 aromatic rings. The predicted molar refractivity (Wildman–Crippen MR) is 294 cm³/mol. The van der Waals surface area contributed by atoms with Crippen molar-refractivity contribution < 1.29 is 48.1 Å². The molecule has 6 N–H and O–H groups in total. The number of aliphatic hydroxyl groups excluding tert-OH is 1. The van der Waals surface area contributed by atoms with Crippen LogP contribution in [0.4, 0.5) is 10.5 Å². The molecule has 18 nitrogen and oxygen atoms in total. The summed E-state index contributed by atoms with van der Waals surface area (Å²) in [5.74, 6) is -3.13. The molecule has 4 rings (SSSR count). The van der Waals surface area contributed by atoms with Crippen molar-refractivity contribution in [2.45, 2.75) is 142 Å². The molecule has 0 aromatic heterocycles. The molecule has 418 valence electrons. The number of hydrogen-bond donors (Lipinski definition) is 6. The Morgan fingerprint density at radius 1 is 0.763 bits per heavy atom. The molecule has 0 saturated carbocycles. The number of rotatable bonds is 31. The van der Waals surface area contributed by atoms with Crippen molar-refractivity contribution in [1.29, 1.82) is 0 Å². The number of likely N-dealkylation sites (N-methyl/N-ethyl adjacent to an activating group) is 2. The van der Waals surface area contributed by atoms with Crippen molar-refractivity contribution in [2.24, 2.45) is 17.8 Å². The van der Waals surface area contributed by atoms with E-state index >= 15 is 0 Å². The highest BCUT2D eigenvalue weighted by molar-refractivity contribution is 5.91. The zero-order valence-electron chi connectivity index (χ0n) is 46.3. The molecule has 76 heavy (non-hydrogen) atoms. The Morgan fingerprint density at radius 2 is 1.42 bits per heavy atom. The second-order valence-electron chi connectivity index (χ2n) is 20.7. The third-order valence-electron chi connectivity index (χ3n) is 14.2. The summed E-state index contributed by atoms with van der Waals surface area (Å²) in [6.07, 6.45) is 2.44. The van der Waals surface area contributed by atoms with Gasteiger partial charge in [-0.2, -0.15) is 0 Å². The lowest BCUT2D eigenvalue weighted by molar-refractivity contribution is -0.147. The number of alkyl carbamates (subject to hydrolysis) is 1. The van der Waals surface area contributed by atoms with Crippen LogP contribution in [0.1, 0.15) is 103 Å². The summed E-state index contributed by atoms with van der Waals surface area (Å²) in [6, 6.07) is 23.2. The molecule has 0 spiro atoms. The number of amides is 7. The van der Waals surface area contributed by atoms with Crippen molar-refractivity contribution in [3.63, 3.8) is 0 Å². The fourth-order valence-electron chi connectivity index (χ4n) is 9.55. The van der Waals surface area contributed by atoms with E-state index < -0.39 is 54.3 Å². The number of benzene rings is 3. The van der Waals surface area contributed by atoms with Crippen LogP contribution >= 0.6 is 0 Å². The molecule has 0 aliphatic carbocycles. The monoisotopic (exact) mass is 1050 g/mol. The number of anilines is 1. The fourth-order valence-corrected chi connectivity index (χ4v) is 9.55. The van der Waals surface area contributed by atoms with E-state index in [4.69, 9.17) is 9.47 Å². The second kappa shape index (κ2) is 32.3. The Kier molecular flexibility index (Phi) is 26.4. The van der Waals surface area contributed by atoms with Crippen LogP contribution in [0.3, 0.4) is 0 Å². The normalized spacial score (nSPS) is 16.1. The average molecular weight is 1060 g/mol. The summed E-state index contributed by atoms with van der Waals surface area (Å²) in [5.41, 5.74) is 3.33. The van der Waals surface area contributed by atoms with Gasteiger partial charge in [-0.25, -0.2) is 4.79 Å². The predicted octanol–water partition coefficient (Wildman–Crippen LogP) is 5.47. The first-order valence-corrected chi connectivity index (χ1v) is 27.0. The van der Waals surface area contributed by atoms with Gasteiger partial charge in [-0.05, 0) is 86.9 Å². The maximum absolute atomic E-state index is 14.3. The molecule has 1 saturated heterocycles. The van der Waals surface area contributed by atoms with Crippen LogP contribution in [0, 0.1) is 17.8 Å². The Balaban J connectivity index is 1.29. The first kappa shape index (κ1) is 62.2. The minimum atomic E-state index is -1.25. The molecular formula is C58H86N8O10. The minimum absolute atomic E-state index is 0.0782. The van der Waals surface area contributed by atoms with E-state index in [1.54, 1.807) is 42.8 Å². The van der Waals surface area contributed by atoms with Crippen LogP contribution in [0.15, 0.2) is 84.9 Å². The van der Waals surface area contributed by atoms with E-state index in [1.165, 1.54) is 7.11 Å². The van der Waals surface area contributed by atoms with Gasteiger partial charge in [0.2, 0.25) is 35.4 Å². The molecule has 1 fully saturated rings. The van der Waals surface area contributed by atoms with E-state index in [-0.39, 0.29) is 73.9 Å². The van der Waals surface area contributed by atoms with Gasteiger partial charge in [0.25, 0.3) is 0 Å². The molecule has 18 heteroatoms. The number of likely N-dealkylation sites (tertiary alicyclic amines) is 1. The highest BCUT2D eigenvalue weighted by atomic mass is 16.5. The molecule has 1 aliphatic heterocycles. The van der Waals surface area contributed by atoms with Crippen LogP contribution in [-0.4, -0.2) is 152 Å². The van der Waals surface area contributed by atoms with Gasteiger partial charge in [0.1, 0.15) is 18.7 Å². The zero-order valence-corrected chi connectivity index (χ0v) is 46.3. The Labute approximate surface area is 450 Å². The summed E-state index contributed by atoms with van der Waals surface area (Å²) >= 11 is 0. The van der Waals surface area contributed by atoms with Gasteiger partial charge in [0, 0.05) is 52.3 Å². The first-order chi connectivity index (χ1) is 36.3. The molecule has 1 aliphatic rings. The maximum Gasteiger partial charge on any atom is 0.407 e. The number of methoxy groups -OCH3 is 1. The Bertz CT molecular complexity index is 2290. The molecule has 7 amide bonds. The van der Waals surface area contributed by atoms with E-state index in [1.807, 2.05) is 113 Å². The van der Waals surface area contributed by atoms with Crippen molar-refractivity contribution in [2.75, 3.05) is 59.7 Å². The van der Waals surface area contributed by atoms with Gasteiger partial charge < -0.3 is 55.9 Å². The molecule has 0 bridgehead atoms. The summed E-state index contributed by atoms with van der Waals surface area (Å²) in [7, 11) is 6.76. The Morgan fingerprint density at radius 3 is 2.04 bits per heavy atom. The van der Waals surface area contributed by atoms with Gasteiger partial charge in [0.15, 0.2) is 0 Å². The third-order valence-corrected chi connectivity index (χ3v) is 14.2. The van der Waals surface area contributed by atoms with Gasteiger partial charge in [-0.1, -0.05) is 120 Å². The number of hydrogen-bond acceptors (Lipinski definition) is 11. The fraction of sp³-hybridized carbons (Fsp3) is 0.569. The molecule has 8 atom stereocenters. The number of carbonyl (C=O) groups is 7. The van der Waals surface area contributed by atoms with E-state index in [2.05, 4.69) is 26.6 Å². The number of aliphatic hydroxyl groups is 1. The van der Waals surface area contributed by atoms with E-state index in [9.17, 15) is 38.7 Å². The largest absolute Gasteiger partial charge is 0.445 e. The quantitative estimate of drug-likeness (QED) is 0.0443. The summed E-state index contributed by atoms with van der Waals surface area (Å²) in [6.45, 7) is 10.8. The van der Waals surface area contributed by atoms with Crippen molar-refractivity contribution >= 4 is 47.2 Å². The van der Waals surface area contributed by atoms with E-state index in [0.717, 1.165) is 23.1 Å². The number of unbranched alkanes of at least 4 members (excludes halogenated alkanes) is 2. The summed E-state index contributed by atoms with van der Waals surface area (Å²) in [4.78, 5) is 98.5. The number of carbonyl (C=O) groups excluding carboxylic acids is 7. The third kappa shape index (κ3) is 20.3. The second-order valence-corrected chi connectivity index (χ2v) is 20.7. The molecule has 5 unspecified atom stereocenters. The lowest BCUT2D eigenvalue weighted by Gasteiger charge is -2.40. The van der Waals surface area contributed by atoms with Gasteiger partial charge in [-0.3, -0.25) is 28.8 Å². The minimum Gasteiger partial charge on any atom is -0.445 e. The van der Waals surface area contributed by atoms with Crippen molar-refractivity contribution in [3.05, 3.63) is 102 Å². The number of ether oxygens (including phenoxy) is 2. The van der Waals surface area contributed by atoms with Gasteiger partial charge >= 0.3 is 6.09 Å². The first-order valence-electron chi connectivity index (χ1n) is 27.0. The summed E-state index contributed by atoms with van der Waals surface area (Å²) < 4.78 is 11.2. The van der Waals surface area contributed by atoms with Crippen LogP contribution in [0.5, 0.6) is 0 Å². The smallest absolute Gasteiger partial charge is 0.407 e. The maximum atomic E-state index is 14.3. The van der Waals surface area contributed by atoms with Crippen molar-refractivity contribution in [1.82, 2.24) is 36.0 Å². The standard InChI is InChI=1S/C58H86N8O10/c1-10-40(4)53(65(8)57(73)52(39(2)3)63-50(68)37-64(6)7)48(75-9)36-51(69)66-34-20-25-47(66)54(70)41(5)55(71)62-46(35-43-21-14-11-15-22-43)56(72)59-33-31-42-27-29-45(30-28-42)61-49(67)26-18-13-19-32-60-58(74)76-38-44-23-16-12-17-24-44/h11-12,14-17,21-24,27-30,39-41,46-48,52-54,70H,10,13,18-20,25-26,31-38H2,1-9H3,(H,59,72)(H,60,74)(H,61,67)(H,62,71)(H,63,68)/t40?,41-,46+,47?,48?,52+,53?,54?/m1/s1. The van der Waals surface area contributed by atoms with Gasteiger partial charge in [-0.15, -0.1) is 0 Å². The zero-order chi connectivity index (χ0) is 55.7. The lowest BCUT2D eigenvalue weighted by Crippen LogP contribution is -2.58. The number of nitrogens with one attached hydrogen (secondary N) is 5. The number of nitrogens with zero attached hydrogens (tertiary/aromatic N) is 3. The topological polar surface area (TPSA) is 228 Å². The lowest BCUT2D eigenvalue weighted by atomic mass is 9.89. The van der Waals surface area contributed by atoms with Crippen LogP contribution in [0.25, 0.3) is 0 Å². The van der Waals surface area contributed by atoms with E-state index in [0.29, 0.717) is 63.7 Å². The van der Waals surface area contributed by atoms with Crippen LogP contribution in [-0.2, 0) is 57.7 Å². The van der Waals surface area contributed by atoms with Crippen LogP contribution < -0.4 is 26.6 Å². The molecule has 0 radical (unpaired) electrons.